The van der Waals surface area contributed by atoms with Crippen molar-refractivity contribution in [3.8, 4) is 67.1 Å². The predicted octanol–water partition coefficient (Wildman–Crippen LogP) is 13.6. The molecule has 0 N–H and O–H groups in total. The number of ether oxygens (including phenoxy) is 1. The van der Waals surface area contributed by atoms with Gasteiger partial charge in [0.05, 0.1) is 5.69 Å². The molecule has 2 nitrogen and oxygen atoms in total. The second kappa shape index (κ2) is 12.8. The number of anilines is 3. The summed E-state index contributed by atoms with van der Waals surface area (Å²) in [5.41, 5.74) is 14.7. The predicted molar refractivity (Wildman–Crippen MR) is 208 cm³/mol. The van der Waals surface area contributed by atoms with Gasteiger partial charge in [0.15, 0.2) is 0 Å². The van der Waals surface area contributed by atoms with Gasteiger partial charge in [-0.2, -0.15) is 0 Å². The standard InChI is InChI=1S/C48H33NO/c1-4-14-34(15-5-1)36-24-27-39(28-25-36)49(46-23-13-12-20-41(46)37-18-8-3-9-19-37)40-29-31-47-45(33-40)43-22-11-10-21-42(43)44-30-26-38(32-48(44)50-47)35-16-6-2-7-17-35/h1-33H. The molecule has 8 aromatic carbocycles. The Morgan fingerprint density at radius 2 is 0.780 bits per heavy atom. The van der Waals surface area contributed by atoms with Crippen LogP contribution in [0.25, 0.3) is 55.6 Å². The van der Waals surface area contributed by atoms with E-state index < -0.39 is 0 Å². The van der Waals surface area contributed by atoms with Crippen LogP contribution in [0.2, 0.25) is 0 Å². The molecule has 236 valence electrons. The average molecular weight is 640 g/mol. The molecule has 8 aromatic rings. The highest BCUT2D eigenvalue weighted by atomic mass is 16.5. The summed E-state index contributed by atoms with van der Waals surface area (Å²) in [7, 11) is 0. The summed E-state index contributed by atoms with van der Waals surface area (Å²) in [4.78, 5) is 2.37. The van der Waals surface area contributed by atoms with Crippen LogP contribution in [0.4, 0.5) is 17.1 Å². The maximum atomic E-state index is 6.83. The van der Waals surface area contributed by atoms with Crippen LogP contribution in [0.15, 0.2) is 200 Å². The fourth-order valence-electron chi connectivity index (χ4n) is 7.06. The van der Waals surface area contributed by atoms with E-state index in [1.165, 1.54) is 16.7 Å². The first-order chi connectivity index (χ1) is 24.8. The highest BCUT2D eigenvalue weighted by molar-refractivity contribution is 5.95. The zero-order chi connectivity index (χ0) is 33.3. The van der Waals surface area contributed by atoms with E-state index in [0.717, 1.165) is 67.5 Å². The molecule has 0 saturated heterocycles. The highest BCUT2D eigenvalue weighted by Crippen LogP contribution is 2.50. The third-order valence-electron chi connectivity index (χ3n) is 9.50. The van der Waals surface area contributed by atoms with Crippen LogP contribution in [0.1, 0.15) is 0 Å². The molecule has 50 heavy (non-hydrogen) atoms. The second-order valence-electron chi connectivity index (χ2n) is 12.5. The van der Waals surface area contributed by atoms with Gasteiger partial charge >= 0.3 is 0 Å². The lowest BCUT2D eigenvalue weighted by atomic mass is 9.93. The van der Waals surface area contributed by atoms with Gasteiger partial charge in [-0.3, -0.25) is 0 Å². The molecule has 1 heterocycles. The molecule has 9 rings (SSSR count). The summed E-state index contributed by atoms with van der Waals surface area (Å²) in [5.74, 6) is 1.69. The number of hydrogen-bond acceptors (Lipinski definition) is 2. The van der Waals surface area contributed by atoms with E-state index in [1.807, 2.05) is 6.07 Å². The summed E-state index contributed by atoms with van der Waals surface area (Å²) < 4.78 is 6.83. The Hall–Kier alpha value is -6.64. The van der Waals surface area contributed by atoms with Crippen LogP contribution in [0, 0.1) is 0 Å². The van der Waals surface area contributed by atoms with Crippen molar-refractivity contribution in [2.75, 3.05) is 4.90 Å². The number of benzene rings is 8. The van der Waals surface area contributed by atoms with Gasteiger partial charge < -0.3 is 9.64 Å². The Kier molecular flexibility index (Phi) is 7.53. The van der Waals surface area contributed by atoms with E-state index in [1.54, 1.807) is 0 Å². The number of nitrogens with zero attached hydrogens (tertiary/aromatic N) is 1. The molecule has 1 aliphatic rings. The maximum absolute atomic E-state index is 6.83. The van der Waals surface area contributed by atoms with E-state index in [9.17, 15) is 0 Å². The molecule has 0 atom stereocenters. The fourth-order valence-corrected chi connectivity index (χ4v) is 7.06. The van der Waals surface area contributed by atoms with Crippen LogP contribution >= 0.6 is 0 Å². The van der Waals surface area contributed by atoms with Crippen LogP contribution in [-0.2, 0) is 0 Å². The van der Waals surface area contributed by atoms with Crippen LogP contribution in [-0.4, -0.2) is 0 Å². The minimum absolute atomic E-state index is 0.834. The molecule has 0 bridgehead atoms. The minimum atomic E-state index is 0.834. The van der Waals surface area contributed by atoms with Crippen molar-refractivity contribution in [3.05, 3.63) is 200 Å². The van der Waals surface area contributed by atoms with Gasteiger partial charge in [0.25, 0.3) is 0 Å². The molecule has 1 aliphatic heterocycles. The lowest BCUT2D eigenvalue weighted by Crippen LogP contribution is -2.11. The molecule has 0 aromatic heterocycles. The zero-order valence-electron chi connectivity index (χ0n) is 27.4. The van der Waals surface area contributed by atoms with Gasteiger partial charge in [-0.1, -0.05) is 152 Å². The highest BCUT2D eigenvalue weighted by Gasteiger charge is 2.24. The number of para-hydroxylation sites is 1. The van der Waals surface area contributed by atoms with Gasteiger partial charge in [0.2, 0.25) is 0 Å². The molecule has 0 amide bonds. The Morgan fingerprint density at radius 1 is 0.280 bits per heavy atom. The van der Waals surface area contributed by atoms with Crippen molar-refractivity contribution >= 4 is 17.1 Å². The minimum Gasteiger partial charge on any atom is -0.456 e. The van der Waals surface area contributed by atoms with E-state index in [0.29, 0.717) is 0 Å². The molecule has 0 aliphatic carbocycles. The lowest BCUT2D eigenvalue weighted by molar-refractivity contribution is 0.488. The second-order valence-corrected chi connectivity index (χ2v) is 12.5. The van der Waals surface area contributed by atoms with E-state index in [2.05, 4.69) is 199 Å². The average Bonchev–Trinajstić information content (AvgIpc) is 3.33. The molecule has 2 heteroatoms. The first kappa shape index (κ1) is 29.5. The zero-order valence-corrected chi connectivity index (χ0v) is 27.4. The molecule has 0 radical (unpaired) electrons. The summed E-state index contributed by atoms with van der Waals surface area (Å²) in [5, 5.41) is 0. The van der Waals surface area contributed by atoms with Crippen LogP contribution in [0.5, 0.6) is 11.5 Å². The van der Waals surface area contributed by atoms with Crippen molar-refractivity contribution < 1.29 is 4.74 Å². The van der Waals surface area contributed by atoms with E-state index in [4.69, 9.17) is 4.74 Å². The smallest absolute Gasteiger partial charge is 0.135 e. The van der Waals surface area contributed by atoms with Crippen molar-refractivity contribution in [1.82, 2.24) is 0 Å². The maximum Gasteiger partial charge on any atom is 0.135 e. The van der Waals surface area contributed by atoms with Crippen LogP contribution in [0.3, 0.4) is 0 Å². The van der Waals surface area contributed by atoms with Gasteiger partial charge in [0, 0.05) is 28.1 Å². The monoisotopic (exact) mass is 639 g/mol. The fraction of sp³-hybridized carbons (Fsp3) is 0. The third kappa shape index (κ3) is 5.43. The quantitative estimate of drug-likeness (QED) is 0.179. The van der Waals surface area contributed by atoms with E-state index >= 15 is 0 Å². The normalized spacial score (nSPS) is 11.4. The Balaban J connectivity index is 1.21. The lowest BCUT2D eigenvalue weighted by Gasteiger charge is -2.29. The van der Waals surface area contributed by atoms with Gasteiger partial charge in [0.1, 0.15) is 11.5 Å². The van der Waals surface area contributed by atoms with Gasteiger partial charge in [-0.15, -0.1) is 0 Å². The summed E-state index contributed by atoms with van der Waals surface area (Å²) in [6.07, 6.45) is 0. The summed E-state index contributed by atoms with van der Waals surface area (Å²) >= 11 is 0. The van der Waals surface area contributed by atoms with Crippen molar-refractivity contribution in [3.63, 3.8) is 0 Å². The SMILES string of the molecule is c1ccc(-c2ccc(N(c3ccc4c(c3)-c3ccccc3-c3ccc(-c5ccccc5)cc3O4)c3ccccc3-c3ccccc3)cc2)cc1. The number of fused-ring (bicyclic) bond motifs is 5. The molecule has 0 fully saturated rings. The Labute approximate surface area is 293 Å². The summed E-state index contributed by atoms with van der Waals surface area (Å²) in [6.45, 7) is 0. The Bertz CT molecular complexity index is 2430. The number of hydrogen-bond donors (Lipinski definition) is 0. The van der Waals surface area contributed by atoms with Crippen molar-refractivity contribution in [2.45, 2.75) is 0 Å². The molecular formula is C48H33NO. The van der Waals surface area contributed by atoms with Gasteiger partial charge in [-0.25, -0.2) is 0 Å². The molecule has 0 unspecified atom stereocenters. The van der Waals surface area contributed by atoms with E-state index in [-0.39, 0.29) is 0 Å². The largest absolute Gasteiger partial charge is 0.456 e. The van der Waals surface area contributed by atoms with Crippen LogP contribution < -0.4 is 9.64 Å². The molecule has 0 spiro atoms. The first-order valence-electron chi connectivity index (χ1n) is 17.0. The Morgan fingerprint density at radius 3 is 1.46 bits per heavy atom. The van der Waals surface area contributed by atoms with Gasteiger partial charge in [-0.05, 0) is 87.5 Å². The summed E-state index contributed by atoms with van der Waals surface area (Å²) in [6, 6.07) is 70.9. The first-order valence-corrected chi connectivity index (χ1v) is 17.0. The van der Waals surface area contributed by atoms with Crippen molar-refractivity contribution in [2.24, 2.45) is 0 Å². The third-order valence-corrected chi connectivity index (χ3v) is 9.50. The van der Waals surface area contributed by atoms with Crippen molar-refractivity contribution in [1.29, 1.82) is 0 Å². The topological polar surface area (TPSA) is 12.5 Å². The molecular weight excluding hydrogens is 607 g/mol. The number of rotatable bonds is 6. The molecule has 0 saturated carbocycles.